The molecule has 172 valence electrons. The van der Waals surface area contributed by atoms with Gasteiger partial charge in [0.25, 0.3) is 0 Å². The van der Waals surface area contributed by atoms with Gasteiger partial charge in [0.15, 0.2) is 0 Å². The van der Waals surface area contributed by atoms with Crippen LogP contribution in [0, 0.1) is 17.2 Å². The summed E-state index contributed by atoms with van der Waals surface area (Å²) < 4.78 is 55.6. The van der Waals surface area contributed by atoms with E-state index in [0.29, 0.717) is 19.3 Å². The molecule has 1 saturated carbocycles. The number of amides is 1. The van der Waals surface area contributed by atoms with E-state index in [1.165, 1.54) is 30.3 Å². The van der Waals surface area contributed by atoms with E-state index in [4.69, 9.17) is 0 Å². The van der Waals surface area contributed by atoms with E-state index < -0.39 is 41.1 Å². The van der Waals surface area contributed by atoms with Crippen molar-refractivity contribution in [2.24, 2.45) is 11.3 Å². The Morgan fingerprint density at radius 2 is 1.75 bits per heavy atom. The van der Waals surface area contributed by atoms with E-state index in [2.05, 4.69) is 5.32 Å². The highest BCUT2D eigenvalue weighted by molar-refractivity contribution is 5.96. The van der Waals surface area contributed by atoms with Crippen LogP contribution in [0.1, 0.15) is 49.3 Å². The maximum Gasteiger partial charge on any atom is 0.392 e. The highest BCUT2D eigenvalue weighted by Gasteiger charge is 2.50. The molecule has 1 amide bonds. The lowest BCUT2D eigenvalue weighted by atomic mass is 9.85. The van der Waals surface area contributed by atoms with Crippen LogP contribution in [-0.4, -0.2) is 23.2 Å². The number of carbonyl (C=O) groups is 2. The van der Waals surface area contributed by atoms with Gasteiger partial charge in [-0.3, -0.25) is 9.59 Å². The second-order valence-corrected chi connectivity index (χ2v) is 8.43. The third kappa shape index (κ3) is 4.95. The molecule has 2 N–H and O–H groups in total. The molecular weight excluding hydrogens is 426 g/mol. The van der Waals surface area contributed by atoms with E-state index in [1.54, 1.807) is 12.1 Å². The Balaban J connectivity index is 1.89. The average molecular weight is 451 g/mol. The molecule has 8 heteroatoms. The standard InChI is InChI=1S/C24H25F4NO3/c1-3-15-7-9-16(10-8-15)19(14(2)24(26,27)28)21(30)29-18-6-4-5-17(20(18)25)13-23(11-12-23)22(31)32/h4-10,14,19H,3,11-13H2,1-2H3,(H,29,30)(H,31,32)/t14-,19+/m1/s1. The molecular formula is C24H25F4NO3. The summed E-state index contributed by atoms with van der Waals surface area (Å²) in [5.74, 6) is -6.38. The molecule has 32 heavy (non-hydrogen) atoms. The number of benzene rings is 2. The summed E-state index contributed by atoms with van der Waals surface area (Å²) in [6, 6.07) is 10.4. The summed E-state index contributed by atoms with van der Waals surface area (Å²) in [5.41, 5.74) is -0.0750. The van der Waals surface area contributed by atoms with Crippen molar-refractivity contribution in [3.8, 4) is 0 Å². The zero-order valence-corrected chi connectivity index (χ0v) is 17.8. The summed E-state index contributed by atoms with van der Waals surface area (Å²) >= 11 is 0. The van der Waals surface area contributed by atoms with Gasteiger partial charge in [-0.2, -0.15) is 13.2 Å². The first-order valence-corrected chi connectivity index (χ1v) is 10.5. The zero-order chi connectivity index (χ0) is 23.7. The van der Waals surface area contributed by atoms with Crippen molar-refractivity contribution in [3.63, 3.8) is 0 Å². The first-order valence-electron chi connectivity index (χ1n) is 10.5. The van der Waals surface area contributed by atoms with Gasteiger partial charge >= 0.3 is 12.1 Å². The molecule has 0 bridgehead atoms. The van der Waals surface area contributed by atoms with Crippen LogP contribution in [-0.2, 0) is 22.4 Å². The van der Waals surface area contributed by atoms with Crippen molar-refractivity contribution in [2.45, 2.75) is 51.6 Å². The molecule has 1 aliphatic rings. The van der Waals surface area contributed by atoms with Crippen LogP contribution in [0.3, 0.4) is 0 Å². The number of carboxylic acids is 1. The van der Waals surface area contributed by atoms with Crippen LogP contribution in [0.5, 0.6) is 0 Å². The summed E-state index contributed by atoms with van der Waals surface area (Å²) in [5, 5.41) is 11.7. The van der Waals surface area contributed by atoms with Gasteiger partial charge in [-0.05, 0) is 48.4 Å². The fourth-order valence-electron chi connectivity index (χ4n) is 3.82. The smallest absolute Gasteiger partial charge is 0.392 e. The largest absolute Gasteiger partial charge is 0.481 e. The quantitative estimate of drug-likeness (QED) is 0.505. The van der Waals surface area contributed by atoms with Gasteiger partial charge in [-0.25, -0.2) is 4.39 Å². The van der Waals surface area contributed by atoms with Gasteiger partial charge in [0.2, 0.25) is 5.91 Å². The summed E-state index contributed by atoms with van der Waals surface area (Å²) in [6.07, 6.45) is -3.12. The Hall–Kier alpha value is -2.90. The summed E-state index contributed by atoms with van der Waals surface area (Å²) in [6.45, 7) is 2.83. The maximum absolute atomic E-state index is 15.0. The molecule has 2 aromatic carbocycles. The minimum atomic E-state index is -4.63. The number of aryl methyl sites for hydroxylation is 1. The predicted molar refractivity (Wildman–Crippen MR) is 112 cm³/mol. The van der Waals surface area contributed by atoms with Gasteiger partial charge in [-0.1, -0.05) is 50.2 Å². The molecule has 0 aliphatic heterocycles. The second kappa shape index (κ2) is 8.92. The lowest BCUT2D eigenvalue weighted by Crippen LogP contribution is -2.34. The summed E-state index contributed by atoms with van der Waals surface area (Å²) in [7, 11) is 0. The number of carboxylic acid groups (broad SMARTS) is 1. The van der Waals surface area contributed by atoms with Gasteiger partial charge < -0.3 is 10.4 Å². The molecule has 2 atom stereocenters. The van der Waals surface area contributed by atoms with E-state index >= 15 is 4.39 Å². The Labute approximate surface area is 183 Å². The number of hydrogen-bond donors (Lipinski definition) is 2. The topological polar surface area (TPSA) is 66.4 Å². The van der Waals surface area contributed by atoms with Crippen molar-refractivity contribution in [1.29, 1.82) is 0 Å². The van der Waals surface area contributed by atoms with Crippen molar-refractivity contribution in [1.82, 2.24) is 0 Å². The van der Waals surface area contributed by atoms with Crippen molar-refractivity contribution < 1.29 is 32.3 Å². The Kier molecular flexibility index (Phi) is 6.62. The molecule has 4 nitrogen and oxygen atoms in total. The number of carbonyl (C=O) groups excluding carboxylic acids is 1. The second-order valence-electron chi connectivity index (χ2n) is 8.43. The van der Waals surface area contributed by atoms with Gasteiger partial charge in [0.1, 0.15) is 5.82 Å². The normalized spacial score (nSPS) is 16.8. The van der Waals surface area contributed by atoms with Crippen molar-refractivity contribution >= 4 is 17.6 Å². The van der Waals surface area contributed by atoms with E-state index in [0.717, 1.165) is 12.5 Å². The molecule has 0 unspecified atom stereocenters. The Morgan fingerprint density at radius 1 is 1.12 bits per heavy atom. The third-order valence-corrected chi connectivity index (χ3v) is 6.22. The lowest BCUT2D eigenvalue weighted by Gasteiger charge is -2.26. The highest BCUT2D eigenvalue weighted by Crippen LogP contribution is 2.49. The van der Waals surface area contributed by atoms with E-state index in [-0.39, 0.29) is 23.2 Å². The Bertz CT molecular complexity index is 997. The molecule has 0 heterocycles. The monoisotopic (exact) mass is 451 g/mol. The van der Waals surface area contributed by atoms with Crippen LogP contribution in [0.2, 0.25) is 0 Å². The maximum atomic E-state index is 15.0. The third-order valence-electron chi connectivity index (χ3n) is 6.22. The minimum Gasteiger partial charge on any atom is -0.481 e. The van der Waals surface area contributed by atoms with Gasteiger partial charge in [0, 0.05) is 0 Å². The highest BCUT2D eigenvalue weighted by atomic mass is 19.4. The molecule has 3 rings (SSSR count). The molecule has 1 fully saturated rings. The molecule has 0 saturated heterocycles. The van der Waals surface area contributed by atoms with E-state index in [1.807, 2.05) is 6.92 Å². The number of alkyl halides is 3. The first kappa shape index (κ1) is 23.8. The minimum absolute atomic E-state index is 0.0429. The van der Waals surface area contributed by atoms with Crippen LogP contribution >= 0.6 is 0 Å². The molecule has 2 aromatic rings. The van der Waals surface area contributed by atoms with Crippen LogP contribution < -0.4 is 5.32 Å². The lowest BCUT2D eigenvalue weighted by molar-refractivity contribution is -0.178. The molecule has 0 aromatic heterocycles. The number of anilines is 1. The number of nitrogens with one attached hydrogen (secondary N) is 1. The zero-order valence-electron chi connectivity index (χ0n) is 17.8. The SMILES string of the molecule is CCc1ccc([C@@H](C(=O)Nc2cccc(CC3(C(=O)O)CC3)c2F)[C@@H](C)C(F)(F)F)cc1. The number of aliphatic carboxylic acids is 1. The number of rotatable bonds is 8. The number of hydrogen-bond acceptors (Lipinski definition) is 2. The number of halogens is 4. The fourth-order valence-corrected chi connectivity index (χ4v) is 3.82. The van der Waals surface area contributed by atoms with Gasteiger partial charge in [-0.15, -0.1) is 0 Å². The first-order chi connectivity index (χ1) is 15.0. The average Bonchev–Trinajstić information content (AvgIpc) is 3.52. The van der Waals surface area contributed by atoms with Crippen LogP contribution in [0.4, 0.5) is 23.2 Å². The Morgan fingerprint density at radius 3 is 2.25 bits per heavy atom. The van der Waals surface area contributed by atoms with Gasteiger partial charge in [0.05, 0.1) is 22.9 Å². The molecule has 0 radical (unpaired) electrons. The van der Waals surface area contributed by atoms with E-state index in [9.17, 15) is 27.9 Å². The molecule has 0 spiro atoms. The van der Waals surface area contributed by atoms with Crippen molar-refractivity contribution in [3.05, 3.63) is 65.0 Å². The van der Waals surface area contributed by atoms with Crippen molar-refractivity contribution in [2.75, 3.05) is 5.32 Å². The molecule has 1 aliphatic carbocycles. The van der Waals surface area contributed by atoms with Crippen LogP contribution in [0.25, 0.3) is 0 Å². The van der Waals surface area contributed by atoms with Crippen LogP contribution in [0.15, 0.2) is 42.5 Å². The fraction of sp³-hybridized carbons (Fsp3) is 0.417. The predicted octanol–water partition coefficient (Wildman–Crippen LogP) is 5.72. The summed E-state index contributed by atoms with van der Waals surface area (Å²) in [4.78, 5) is 24.4.